The maximum atomic E-state index is 10.8. The number of rotatable bonds is 5. The lowest BCUT2D eigenvalue weighted by Gasteiger charge is -2.11. The van der Waals surface area contributed by atoms with Gasteiger partial charge in [0.1, 0.15) is 5.75 Å². The van der Waals surface area contributed by atoms with Gasteiger partial charge in [0, 0.05) is 10.9 Å². The average molecular weight is 320 g/mol. The van der Waals surface area contributed by atoms with E-state index in [2.05, 4.69) is 28.1 Å². The largest absolute Gasteiger partial charge is 0.483 e. The fourth-order valence-electron chi connectivity index (χ4n) is 1.79. The Morgan fingerprint density at radius 3 is 2.58 bits per heavy atom. The molecule has 2 aromatic rings. The molecule has 0 unspecified atom stereocenters. The van der Waals surface area contributed by atoms with E-state index in [-0.39, 0.29) is 6.61 Å². The molecule has 0 aliphatic rings. The Bertz CT molecular complexity index is 570. The Labute approximate surface area is 120 Å². The molecule has 2 N–H and O–H groups in total. The molecule has 0 fully saturated rings. The van der Waals surface area contributed by atoms with Crippen LogP contribution in [0.4, 0.5) is 0 Å². The van der Waals surface area contributed by atoms with Gasteiger partial charge in [0.15, 0.2) is 6.61 Å². The third-order valence-electron chi connectivity index (χ3n) is 2.63. The lowest BCUT2D eigenvalue weighted by molar-refractivity contribution is -0.119. The van der Waals surface area contributed by atoms with E-state index in [4.69, 9.17) is 10.5 Å². The van der Waals surface area contributed by atoms with Gasteiger partial charge in [-0.25, -0.2) is 0 Å². The zero-order valence-corrected chi connectivity index (χ0v) is 11.9. The highest BCUT2D eigenvalue weighted by Gasteiger charge is 2.07. The SMILES string of the molecule is NC(=O)COc1ccc(Br)cc1Cc1ccccc1. The molecule has 0 saturated carbocycles. The minimum absolute atomic E-state index is 0.108. The van der Waals surface area contributed by atoms with E-state index in [0.29, 0.717) is 5.75 Å². The number of amides is 1. The minimum Gasteiger partial charge on any atom is -0.483 e. The van der Waals surface area contributed by atoms with Crippen LogP contribution < -0.4 is 10.5 Å². The normalized spacial score (nSPS) is 10.2. The van der Waals surface area contributed by atoms with Crippen molar-refractivity contribution in [2.75, 3.05) is 6.61 Å². The second-order valence-electron chi connectivity index (χ2n) is 4.17. The fraction of sp³-hybridized carbons (Fsp3) is 0.133. The van der Waals surface area contributed by atoms with Crippen molar-refractivity contribution in [2.45, 2.75) is 6.42 Å². The number of primary amides is 1. The molecule has 0 spiro atoms. The third-order valence-corrected chi connectivity index (χ3v) is 3.12. The van der Waals surface area contributed by atoms with Gasteiger partial charge in [-0.15, -0.1) is 0 Å². The van der Waals surface area contributed by atoms with E-state index in [1.54, 1.807) is 0 Å². The number of halogens is 1. The van der Waals surface area contributed by atoms with Crippen LogP contribution >= 0.6 is 15.9 Å². The molecule has 0 aromatic heterocycles. The molecule has 3 nitrogen and oxygen atoms in total. The molecule has 0 bridgehead atoms. The first-order valence-electron chi connectivity index (χ1n) is 5.88. The summed E-state index contributed by atoms with van der Waals surface area (Å²) in [6.45, 7) is -0.108. The van der Waals surface area contributed by atoms with Crippen LogP contribution in [0.3, 0.4) is 0 Å². The maximum absolute atomic E-state index is 10.8. The van der Waals surface area contributed by atoms with Crippen LogP contribution in [-0.4, -0.2) is 12.5 Å². The predicted octanol–water partition coefficient (Wildman–Crippen LogP) is 2.90. The first kappa shape index (κ1) is 13.6. The predicted molar refractivity (Wildman–Crippen MR) is 78.1 cm³/mol. The number of carbonyl (C=O) groups excluding carboxylic acids is 1. The molecule has 0 heterocycles. The number of ether oxygens (including phenoxy) is 1. The van der Waals surface area contributed by atoms with Crippen molar-refractivity contribution < 1.29 is 9.53 Å². The summed E-state index contributed by atoms with van der Waals surface area (Å²) in [4.78, 5) is 10.8. The van der Waals surface area contributed by atoms with Crippen molar-refractivity contribution in [1.82, 2.24) is 0 Å². The van der Waals surface area contributed by atoms with E-state index in [0.717, 1.165) is 16.5 Å². The molecule has 0 aliphatic carbocycles. The van der Waals surface area contributed by atoms with Crippen LogP contribution in [0.1, 0.15) is 11.1 Å². The van der Waals surface area contributed by atoms with E-state index < -0.39 is 5.91 Å². The van der Waals surface area contributed by atoms with Crippen molar-refractivity contribution in [3.63, 3.8) is 0 Å². The fourth-order valence-corrected chi connectivity index (χ4v) is 2.20. The molecule has 4 heteroatoms. The van der Waals surface area contributed by atoms with Crippen molar-refractivity contribution in [3.05, 3.63) is 64.1 Å². The van der Waals surface area contributed by atoms with Gasteiger partial charge >= 0.3 is 0 Å². The Kier molecular flexibility index (Phi) is 4.58. The molecule has 0 aliphatic heterocycles. The monoisotopic (exact) mass is 319 g/mol. The van der Waals surface area contributed by atoms with Crippen LogP contribution in [0.5, 0.6) is 5.75 Å². The second-order valence-corrected chi connectivity index (χ2v) is 5.09. The van der Waals surface area contributed by atoms with Gasteiger partial charge in [-0.2, -0.15) is 0 Å². The lowest BCUT2D eigenvalue weighted by Crippen LogP contribution is -2.20. The van der Waals surface area contributed by atoms with Crippen LogP contribution in [0.2, 0.25) is 0 Å². The summed E-state index contributed by atoms with van der Waals surface area (Å²) < 4.78 is 6.41. The summed E-state index contributed by atoms with van der Waals surface area (Å²) in [6, 6.07) is 15.8. The van der Waals surface area contributed by atoms with Crippen LogP contribution in [0.25, 0.3) is 0 Å². The smallest absolute Gasteiger partial charge is 0.255 e. The summed E-state index contributed by atoms with van der Waals surface area (Å²) in [5.74, 6) is 0.208. The number of hydrogen-bond donors (Lipinski definition) is 1. The Morgan fingerprint density at radius 2 is 1.89 bits per heavy atom. The van der Waals surface area contributed by atoms with Gasteiger partial charge in [0.2, 0.25) is 0 Å². The Morgan fingerprint density at radius 1 is 1.16 bits per heavy atom. The topological polar surface area (TPSA) is 52.3 Å². The van der Waals surface area contributed by atoms with Crippen LogP contribution in [0, 0.1) is 0 Å². The van der Waals surface area contributed by atoms with Crippen molar-refractivity contribution in [1.29, 1.82) is 0 Å². The summed E-state index contributed by atoms with van der Waals surface area (Å²) in [7, 11) is 0. The van der Waals surface area contributed by atoms with E-state index in [1.807, 2.05) is 36.4 Å². The highest BCUT2D eigenvalue weighted by atomic mass is 79.9. The molecule has 1 amide bonds. The Balaban J connectivity index is 2.22. The summed E-state index contributed by atoms with van der Waals surface area (Å²) >= 11 is 3.44. The third kappa shape index (κ3) is 4.10. The highest BCUT2D eigenvalue weighted by molar-refractivity contribution is 9.10. The number of carbonyl (C=O) groups is 1. The molecule has 0 saturated heterocycles. The average Bonchev–Trinajstić information content (AvgIpc) is 2.39. The van der Waals surface area contributed by atoms with Crippen molar-refractivity contribution in [2.24, 2.45) is 5.73 Å². The second kappa shape index (κ2) is 6.38. The van der Waals surface area contributed by atoms with Gasteiger partial charge in [-0.3, -0.25) is 4.79 Å². The number of nitrogens with two attached hydrogens (primary N) is 1. The molecule has 2 rings (SSSR count). The molecule has 19 heavy (non-hydrogen) atoms. The van der Waals surface area contributed by atoms with Crippen LogP contribution in [-0.2, 0) is 11.2 Å². The summed E-state index contributed by atoms with van der Waals surface area (Å²) in [6.07, 6.45) is 0.744. The van der Waals surface area contributed by atoms with E-state index >= 15 is 0 Å². The first-order valence-corrected chi connectivity index (χ1v) is 6.68. The Hall–Kier alpha value is -1.81. The van der Waals surface area contributed by atoms with Gasteiger partial charge in [-0.1, -0.05) is 46.3 Å². The standard InChI is InChI=1S/C15H14BrNO2/c16-13-6-7-14(19-10-15(17)18)12(9-13)8-11-4-2-1-3-5-11/h1-7,9H,8,10H2,(H2,17,18). The van der Waals surface area contributed by atoms with Gasteiger partial charge < -0.3 is 10.5 Å². The van der Waals surface area contributed by atoms with E-state index in [9.17, 15) is 4.79 Å². The number of hydrogen-bond acceptors (Lipinski definition) is 2. The zero-order chi connectivity index (χ0) is 13.7. The molecular formula is C15H14BrNO2. The number of benzene rings is 2. The zero-order valence-electron chi connectivity index (χ0n) is 10.3. The minimum atomic E-state index is -0.478. The maximum Gasteiger partial charge on any atom is 0.255 e. The molecular weight excluding hydrogens is 306 g/mol. The van der Waals surface area contributed by atoms with Crippen LogP contribution in [0.15, 0.2) is 53.0 Å². The quantitative estimate of drug-likeness (QED) is 0.921. The molecule has 98 valence electrons. The van der Waals surface area contributed by atoms with Gasteiger partial charge in [0.05, 0.1) is 0 Å². The highest BCUT2D eigenvalue weighted by Crippen LogP contribution is 2.25. The first-order chi connectivity index (χ1) is 9.15. The lowest BCUT2D eigenvalue weighted by atomic mass is 10.0. The molecule has 0 atom stereocenters. The van der Waals surface area contributed by atoms with Gasteiger partial charge in [0.25, 0.3) is 5.91 Å². The summed E-state index contributed by atoms with van der Waals surface area (Å²) in [5.41, 5.74) is 7.30. The molecule has 2 aromatic carbocycles. The molecule has 0 radical (unpaired) electrons. The van der Waals surface area contributed by atoms with Gasteiger partial charge in [-0.05, 0) is 29.3 Å². The van der Waals surface area contributed by atoms with E-state index in [1.165, 1.54) is 5.56 Å². The summed E-state index contributed by atoms with van der Waals surface area (Å²) in [5, 5.41) is 0. The van der Waals surface area contributed by atoms with Crippen molar-refractivity contribution >= 4 is 21.8 Å². The van der Waals surface area contributed by atoms with Crippen molar-refractivity contribution in [3.8, 4) is 5.75 Å².